The van der Waals surface area contributed by atoms with E-state index in [4.69, 9.17) is 9.47 Å². The maximum absolute atomic E-state index is 12.3. The van der Waals surface area contributed by atoms with Crippen molar-refractivity contribution in [3.8, 4) is 5.75 Å². The lowest BCUT2D eigenvalue weighted by Crippen LogP contribution is -2.20. The summed E-state index contributed by atoms with van der Waals surface area (Å²) in [5.74, 6) is -0.533. The third-order valence-electron chi connectivity index (χ3n) is 4.48. The second-order valence-corrected chi connectivity index (χ2v) is 6.98. The molecule has 2 N–H and O–H groups in total. The van der Waals surface area contributed by atoms with Crippen LogP contribution in [0.15, 0.2) is 72.8 Å². The Bertz CT molecular complexity index is 1070. The molecule has 164 valence electrons. The van der Waals surface area contributed by atoms with Crippen LogP contribution in [0.5, 0.6) is 5.75 Å². The third-order valence-corrected chi connectivity index (χ3v) is 4.48. The molecule has 0 unspecified atom stereocenters. The highest BCUT2D eigenvalue weighted by atomic mass is 16.5. The van der Waals surface area contributed by atoms with Gasteiger partial charge in [0.1, 0.15) is 5.75 Å². The van der Waals surface area contributed by atoms with Crippen LogP contribution < -0.4 is 15.4 Å². The highest BCUT2D eigenvalue weighted by molar-refractivity contribution is 6.04. The molecule has 3 aromatic carbocycles. The summed E-state index contributed by atoms with van der Waals surface area (Å²) in [4.78, 5) is 36.1. The van der Waals surface area contributed by atoms with Crippen molar-refractivity contribution >= 4 is 29.2 Å². The van der Waals surface area contributed by atoms with E-state index in [9.17, 15) is 14.4 Å². The Morgan fingerprint density at radius 1 is 0.750 bits per heavy atom. The normalized spacial score (nSPS) is 10.2. The molecule has 0 fully saturated rings. The van der Waals surface area contributed by atoms with Gasteiger partial charge in [-0.25, -0.2) is 4.79 Å². The van der Waals surface area contributed by atoms with E-state index in [0.717, 1.165) is 5.56 Å². The summed E-state index contributed by atoms with van der Waals surface area (Å²) in [6.45, 7) is 3.81. The van der Waals surface area contributed by atoms with Crippen molar-refractivity contribution < 1.29 is 23.9 Å². The predicted molar refractivity (Wildman–Crippen MR) is 122 cm³/mol. The number of hydrogen-bond acceptors (Lipinski definition) is 5. The molecule has 0 saturated carbocycles. The van der Waals surface area contributed by atoms with Crippen LogP contribution in [-0.2, 0) is 9.53 Å². The van der Waals surface area contributed by atoms with Gasteiger partial charge < -0.3 is 20.1 Å². The number of carbonyl (C=O) groups excluding carboxylic acids is 3. The highest BCUT2D eigenvalue weighted by Gasteiger charge is 2.09. The van der Waals surface area contributed by atoms with Gasteiger partial charge in [0.15, 0.2) is 6.61 Å². The molecular weight excluding hydrogens is 408 g/mol. The minimum absolute atomic E-state index is 0.200. The van der Waals surface area contributed by atoms with Gasteiger partial charge in [0.05, 0.1) is 12.2 Å². The van der Waals surface area contributed by atoms with Crippen molar-refractivity contribution in [2.75, 3.05) is 23.8 Å². The van der Waals surface area contributed by atoms with Crippen molar-refractivity contribution in [3.63, 3.8) is 0 Å². The molecule has 0 bridgehead atoms. The van der Waals surface area contributed by atoms with Gasteiger partial charge in [-0.15, -0.1) is 0 Å². The maximum Gasteiger partial charge on any atom is 0.338 e. The number of hydrogen-bond donors (Lipinski definition) is 2. The molecular formula is C25H24N2O5. The van der Waals surface area contributed by atoms with Crippen molar-refractivity contribution in [2.45, 2.75) is 13.8 Å². The molecule has 3 rings (SSSR count). The molecule has 7 heteroatoms. The van der Waals surface area contributed by atoms with Gasteiger partial charge in [-0.1, -0.05) is 17.7 Å². The largest absolute Gasteiger partial charge is 0.484 e. The van der Waals surface area contributed by atoms with Crippen molar-refractivity contribution in [1.29, 1.82) is 0 Å². The number of nitrogens with one attached hydrogen (secondary N) is 2. The predicted octanol–water partition coefficient (Wildman–Crippen LogP) is 4.44. The Labute approximate surface area is 186 Å². The molecule has 0 aliphatic carbocycles. The second kappa shape index (κ2) is 10.8. The Morgan fingerprint density at radius 3 is 1.94 bits per heavy atom. The van der Waals surface area contributed by atoms with E-state index >= 15 is 0 Å². The molecule has 0 atom stereocenters. The number of aryl methyl sites for hydroxylation is 1. The Balaban J connectivity index is 1.48. The average molecular weight is 432 g/mol. The van der Waals surface area contributed by atoms with E-state index in [0.29, 0.717) is 34.9 Å². The quantitative estimate of drug-likeness (QED) is 0.513. The number of ether oxygens (including phenoxy) is 2. The summed E-state index contributed by atoms with van der Waals surface area (Å²) >= 11 is 0. The fraction of sp³-hybridized carbons (Fsp3) is 0.160. The van der Waals surface area contributed by atoms with E-state index in [1.165, 1.54) is 0 Å². The summed E-state index contributed by atoms with van der Waals surface area (Å²) in [6, 6.07) is 20.4. The summed E-state index contributed by atoms with van der Waals surface area (Å²) in [7, 11) is 0. The summed E-state index contributed by atoms with van der Waals surface area (Å²) in [5, 5.41) is 5.52. The van der Waals surface area contributed by atoms with Crippen molar-refractivity contribution in [2.24, 2.45) is 0 Å². The van der Waals surface area contributed by atoms with Crippen LogP contribution in [0.3, 0.4) is 0 Å². The standard InChI is InChI=1S/C25H24N2O5/c1-3-31-25(30)19-6-12-20(13-7-19)26-23(28)16-32-22-14-8-18(9-15-22)24(29)27-21-10-4-17(2)5-11-21/h4-15H,3,16H2,1-2H3,(H,26,28)(H,27,29). The topological polar surface area (TPSA) is 93.7 Å². The molecule has 7 nitrogen and oxygen atoms in total. The summed E-state index contributed by atoms with van der Waals surface area (Å²) in [5.41, 5.74) is 3.25. The van der Waals surface area contributed by atoms with Gasteiger partial charge in [-0.2, -0.15) is 0 Å². The average Bonchev–Trinajstić information content (AvgIpc) is 2.80. The monoisotopic (exact) mass is 432 g/mol. The van der Waals surface area contributed by atoms with Crippen LogP contribution >= 0.6 is 0 Å². The molecule has 0 aromatic heterocycles. The fourth-order valence-electron chi connectivity index (χ4n) is 2.79. The first-order valence-electron chi connectivity index (χ1n) is 10.1. The number of amides is 2. The van der Waals surface area contributed by atoms with Gasteiger partial charge in [0.2, 0.25) is 0 Å². The van der Waals surface area contributed by atoms with E-state index < -0.39 is 5.97 Å². The molecule has 2 amide bonds. The van der Waals surface area contributed by atoms with Crippen LogP contribution in [0.4, 0.5) is 11.4 Å². The van der Waals surface area contributed by atoms with Crippen LogP contribution in [0.25, 0.3) is 0 Å². The van der Waals surface area contributed by atoms with Crippen LogP contribution in [0.1, 0.15) is 33.2 Å². The molecule has 0 aliphatic rings. The summed E-state index contributed by atoms with van der Waals surface area (Å²) in [6.07, 6.45) is 0. The maximum atomic E-state index is 12.3. The Hall–Kier alpha value is -4.13. The SMILES string of the molecule is CCOC(=O)c1ccc(NC(=O)COc2ccc(C(=O)Nc3ccc(C)cc3)cc2)cc1. The first-order chi connectivity index (χ1) is 15.4. The molecule has 32 heavy (non-hydrogen) atoms. The van der Waals surface area contributed by atoms with Gasteiger partial charge in [-0.05, 0) is 74.5 Å². The van der Waals surface area contributed by atoms with E-state index in [-0.39, 0.29) is 18.4 Å². The number of anilines is 2. The summed E-state index contributed by atoms with van der Waals surface area (Å²) < 4.78 is 10.4. The lowest BCUT2D eigenvalue weighted by atomic mass is 10.2. The van der Waals surface area contributed by atoms with E-state index in [2.05, 4.69) is 10.6 Å². The Kier molecular flexibility index (Phi) is 7.59. The third kappa shape index (κ3) is 6.43. The van der Waals surface area contributed by atoms with Crippen molar-refractivity contribution in [1.82, 2.24) is 0 Å². The number of rotatable bonds is 8. The first kappa shape index (κ1) is 22.6. The number of carbonyl (C=O) groups is 3. The molecule has 0 spiro atoms. The molecule has 0 heterocycles. The Morgan fingerprint density at radius 2 is 1.31 bits per heavy atom. The molecule has 0 aliphatic heterocycles. The minimum atomic E-state index is -0.412. The lowest BCUT2D eigenvalue weighted by Gasteiger charge is -2.09. The molecule has 0 radical (unpaired) electrons. The second-order valence-electron chi connectivity index (χ2n) is 6.98. The van der Waals surface area contributed by atoms with E-state index in [1.807, 2.05) is 31.2 Å². The van der Waals surface area contributed by atoms with Gasteiger partial charge in [0, 0.05) is 16.9 Å². The molecule has 3 aromatic rings. The van der Waals surface area contributed by atoms with Gasteiger partial charge >= 0.3 is 5.97 Å². The highest BCUT2D eigenvalue weighted by Crippen LogP contribution is 2.15. The van der Waals surface area contributed by atoms with Crippen LogP contribution in [0, 0.1) is 6.92 Å². The zero-order chi connectivity index (χ0) is 22.9. The zero-order valence-corrected chi connectivity index (χ0v) is 17.9. The zero-order valence-electron chi connectivity index (χ0n) is 17.9. The lowest BCUT2D eigenvalue weighted by molar-refractivity contribution is -0.118. The minimum Gasteiger partial charge on any atom is -0.484 e. The van der Waals surface area contributed by atoms with E-state index in [1.54, 1.807) is 55.5 Å². The van der Waals surface area contributed by atoms with Gasteiger partial charge in [0.25, 0.3) is 11.8 Å². The fourth-order valence-corrected chi connectivity index (χ4v) is 2.79. The number of benzene rings is 3. The van der Waals surface area contributed by atoms with Crippen LogP contribution in [-0.4, -0.2) is 31.0 Å². The number of esters is 1. The smallest absolute Gasteiger partial charge is 0.338 e. The molecule has 0 saturated heterocycles. The van der Waals surface area contributed by atoms with Crippen LogP contribution in [0.2, 0.25) is 0 Å². The van der Waals surface area contributed by atoms with Crippen molar-refractivity contribution in [3.05, 3.63) is 89.5 Å². The first-order valence-corrected chi connectivity index (χ1v) is 10.1. The van der Waals surface area contributed by atoms with Gasteiger partial charge in [-0.3, -0.25) is 9.59 Å².